The molecule has 4 heteroatoms. The van der Waals surface area contributed by atoms with E-state index in [0.29, 0.717) is 30.6 Å². The summed E-state index contributed by atoms with van der Waals surface area (Å²) in [6.07, 6.45) is 10.4. The lowest BCUT2D eigenvalue weighted by Crippen LogP contribution is -2.48. The molecule has 4 aliphatic rings. The van der Waals surface area contributed by atoms with Crippen molar-refractivity contribution < 1.29 is 19.4 Å². The molecule has 4 rings (SSSR count). The number of aliphatic carboxylic acids is 1. The first-order valence-corrected chi connectivity index (χ1v) is 8.50. The Balaban J connectivity index is 1.75. The molecule has 0 aromatic carbocycles. The molecule has 2 fully saturated rings. The van der Waals surface area contributed by atoms with Gasteiger partial charge < -0.3 is 9.84 Å². The number of hydrogen-bond acceptors (Lipinski definition) is 3. The van der Waals surface area contributed by atoms with Crippen molar-refractivity contribution in [3.05, 3.63) is 12.2 Å². The standard InChI is InChI=1S/C18H26O4/c1-17(2,14-11-12-5-7-13(14)8-6-12)22-16(21)18(15(19)20)9-3-4-10-18/h5,7,12-14H,3-4,6,8-11H2,1-2H3,(H,19,20). The molecule has 2 saturated carbocycles. The van der Waals surface area contributed by atoms with E-state index in [4.69, 9.17) is 4.74 Å². The summed E-state index contributed by atoms with van der Waals surface area (Å²) in [4.78, 5) is 24.3. The van der Waals surface area contributed by atoms with Crippen LogP contribution in [0.2, 0.25) is 0 Å². The summed E-state index contributed by atoms with van der Waals surface area (Å²) in [7, 11) is 0. The highest BCUT2D eigenvalue weighted by atomic mass is 16.6. The highest BCUT2D eigenvalue weighted by molar-refractivity contribution is 5.99. The Morgan fingerprint density at radius 2 is 1.86 bits per heavy atom. The molecule has 0 aliphatic heterocycles. The van der Waals surface area contributed by atoms with E-state index in [1.807, 2.05) is 13.8 Å². The van der Waals surface area contributed by atoms with E-state index in [1.54, 1.807) is 0 Å². The van der Waals surface area contributed by atoms with Gasteiger partial charge in [0.25, 0.3) is 0 Å². The van der Waals surface area contributed by atoms with E-state index in [0.717, 1.165) is 25.7 Å². The minimum atomic E-state index is -1.30. The van der Waals surface area contributed by atoms with Gasteiger partial charge in [-0.15, -0.1) is 0 Å². The predicted octanol–water partition coefficient (Wildman–Crippen LogP) is 3.56. The molecular formula is C18H26O4. The maximum Gasteiger partial charge on any atom is 0.324 e. The third kappa shape index (κ3) is 2.46. The zero-order chi connectivity index (χ0) is 16.0. The summed E-state index contributed by atoms with van der Waals surface area (Å²) < 4.78 is 5.82. The van der Waals surface area contributed by atoms with Gasteiger partial charge in [0.05, 0.1) is 0 Å². The van der Waals surface area contributed by atoms with Gasteiger partial charge in [-0.2, -0.15) is 0 Å². The van der Waals surface area contributed by atoms with Gasteiger partial charge in [-0.25, -0.2) is 0 Å². The van der Waals surface area contributed by atoms with Gasteiger partial charge in [0.1, 0.15) is 5.60 Å². The zero-order valence-electron chi connectivity index (χ0n) is 13.5. The Morgan fingerprint density at radius 1 is 1.18 bits per heavy atom. The van der Waals surface area contributed by atoms with Crippen LogP contribution in [0, 0.1) is 23.2 Å². The number of carboxylic acids is 1. The van der Waals surface area contributed by atoms with Crippen LogP contribution in [0.5, 0.6) is 0 Å². The molecule has 0 heterocycles. The number of ether oxygens (including phenoxy) is 1. The van der Waals surface area contributed by atoms with E-state index in [-0.39, 0.29) is 0 Å². The maximum atomic E-state index is 12.7. The first kappa shape index (κ1) is 15.6. The second-order valence-electron chi connectivity index (χ2n) is 7.82. The zero-order valence-corrected chi connectivity index (χ0v) is 13.5. The van der Waals surface area contributed by atoms with Crippen molar-refractivity contribution in [2.75, 3.05) is 0 Å². The molecule has 0 aromatic rings. The number of carbonyl (C=O) groups is 2. The molecule has 0 radical (unpaired) electrons. The van der Waals surface area contributed by atoms with Crippen molar-refractivity contribution in [2.45, 2.75) is 64.4 Å². The Labute approximate surface area is 131 Å². The SMILES string of the molecule is CC(C)(OC(=O)C1(C(=O)O)CCCC1)C1CC2C=CC1CC2. The smallest absolute Gasteiger partial charge is 0.324 e. The van der Waals surface area contributed by atoms with Gasteiger partial charge in [0.15, 0.2) is 5.41 Å². The van der Waals surface area contributed by atoms with Gasteiger partial charge in [-0.3, -0.25) is 9.59 Å². The summed E-state index contributed by atoms with van der Waals surface area (Å²) >= 11 is 0. The van der Waals surface area contributed by atoms with Gasteiger partial charge in [0, 0.05) is 5.92 Å². The van der Waals surface area contributed by atoms with Crippen LogP contribution < -0.4 is 0 Å². The Hall–Kier alpha value is -1.32. The van der Waals surface area contributed by atoms with E-state index < -0.39 is 23.0 Å². The Kier molecular flexibility index (Phi) is 3.82. The fourth-order valence-electron chi connectivity index (χ4n) is 4.63. The predicted molar refractivity (Wildman–Crippen MR) is 82.2 cm³/mol. The van der Waals surface area contributed by atoms with Gasteiger partial charge >= 0.3 is 11.9 Å². The van der Waals surface area contributed by atoms with Crippen LogP contribution in [0.1, 0.15) is 58.8 Å². The maximum absolute atomic E-state index is 12.7. The molecule has 4 aliphatic carbocycles. The lowest BCUT2D eigenvalue weighted by Gasteiger charge is -2.46. The number of carbonyl (C=O) groups excluding carboxylic acids is 1. The van der Waals surface area contributed by atoms with Crippen LogP contribution in [-0.2, 0) is 14.3 Å². The number of allylic oxidation sites excluding steroid dienone is 2. The van der Waals surface area contributed by atoms with E-state index in [2.05, 4.69) is 12.2 Å². The molecule has 22 heavy (non-hydrogen) atoms. The molecular weight excluding hydrogens is 280 g/mol. The summed E-state index contributed by atoms with van der Waals surface area (Å²) in [5.74, 6) is -0.193. The molecule has 3 atom stereocenters. The number of hydrogen-bond donors (Lipinski definition) is 1. The summed E-state index contributed by atoms with van der Waals surface area (Å²) in [6.45, 7) is 3.91. The summed E-state index contributed by atoms with van der Waals surface area (Å²) in [6, 6.07) is 0. The second kappa shape index (κ2) is 5.39. The number of carboxylic acid groups (broad SMARTS) is 1. The average Bonchev–Trinajstić information content (AvgIpc) is 2.99. The molecule has 122 valence electrons. The van der Waals surface area contributed by atoms with E-state index >= 15 is 0 Å². The largest absolute Gasteiger partial charge is 0.480 e. The van der Waals surface area contributed by atoms with Crippen molar-refractivity contribution >= 4 is 11.9 Å². The van der Waals surface area contributed by atoms with Crippen molar-refractivity contribution in [1.29, 1.82) is 0 Å². The lowest BCUT2D eigenvalue weighted by atomic mass is 9.64. The lowest BCUT2D eigenvalue weighted by molar-refractivity contribution is -0.184. The number of esters is 1. The van der Waals surface area contributed by atoms with Gasteiger partial charge in [-0.05, 0) is 57.8 Å². The molecule has 0 aromatic heterocycles. The quantitative estimate of drug-likeness (QED) is 0.490. The van der Waals surface area contributed by atoms with Crippen molar-refractivity contribution in [3.63, 3.8) is 0 Å². The molecule has 1 N–H and O–H groups in total. The van der Waals surface area contributed by atoms with Crippen molar-refractivity contribution in [2.24, 2.45) is 23.2 Å². The topological polar surface area (TPSA) is 63.6 Å². The van der Waals surface area contributed by atoms with Crippen LogP contribution in [0.15, 0.2) is 12.2 Å². The van der Waals surface area contributed by atoms with Crippen LogP contribution in [0.25, 0.3) is 0 Å². The van der Waals surface area contributed by atoms with Gasteiger partial charge in [0.2, 0.25) is 0 Å². The Bertz CT molecular complexity index is 499. The highest BCUT2D eigenvalue weighted by Crippen LogP contribution is 2.48. The third-order valence-electron chi connectivity index (χ3n) is 6.08. The first-order valence-electron chi connectivity index (χ1n) is 8.50. The monoisotopic (exact) mass is 306 g/mol. The minimum Gasteiger partial charge on any atom is -0.480 e. The second-order valence-corrected chi connectivity index (χ2v) is 7.82. The molecule has 0 spiro atoms. The van der Waals surface area contributed by atoms with Crippen LogP contribution in [-0.4, -0.2) is 22.6 Å². The van der Waals surface area contributed by atoms with E-state index in [9.17, 15) is 14.7 Å². The molecule has 4 nitrogen and oxygen atoms in total. The van der Waals surface area contributed by atoms with Crippen molar-refractivity contribution in [1.82, 2.24) is 0 Å². The summed E-state index contributed by atoms with van der Waals surface area (Å²) in [5, 5.41) is 9.53. The Morgan fingerprint density at radius 3 is 2.32 bits per heavy atom. The molecule has 0 amide bonds. The van der Waals surface area contributed by atoms with Crippen LogP contribution >= 0.6 is 0 Å². The van der Waals surface area contributed by atoms with Gasteiger partial charge in [-0.1, -0.05) is 25.0 Å². The normalized spacial score (nSPS) is 32.9. The number of rotatable bonds is 4. The third-order valence-corrected chi connectivity index (χ3v) is 6.08. The molecule has 2 bridgehead atoms. The molecule has 0 saturated heterocycles. The minimum absolute atomic E-state index is 0.299. The first-order chi connectivity index (χ1) is 10.3. The van der Waals surface area contributed by atoms with E-state index in [1.165, 1.54) is 6.42 Å². The van der Waals surface area contributed by atoms with Crippen LogP contribution in [0.4, 0.5) is 0 Å². The fraction of sp³-hybridized carbons (Fsp3) is 0.778. The molecule has 3 unspecified atom stereocenters. The fourth-order valence-corrected chi connectivity index (χ4v) is 4.63. The van der Waals surface area contributed by atoms with Crippen LogP contribution in [0.3, 0.4) is 0 Å². The van der Waals surface area contributed by atoms with Crippen molar-refractivity contribution in [3.8, 4) is 0 Å². The average molecular weight is 306 g/mol. The highest BCUT2D eigenvalue weighted by Gasteiger charge is 2.52. The summed E-state index contributed by atoms with van der Waals surface area (Å²) in [5.41, 5.74) is -1.91. The number of fused-ring (bicyclic) bond motifs is 2.